The van der Waals surface area contributed by atoms with Crippen LogP contribution < -0.4 is 10.9 Å². The Morgan fingerprint density at radius 3 is 2.67 bits per heavy atom. The van der Waals surface area contributed by atoms with E-state index in [9.17, 15) is 14.0 Å². The molecule has 0 atom stereocenters. The van der Waals surface area contributed by atoms with Crippen LogP contribution >= 0.6 is 0 Å². The third kappa shape index (κ3) is 4.01. The van der Waals surface area contributed by atoms with Crippen LogP contribution in [0.2, 0.25) is 0 Å². The highest BCUT2D eigenvalue weighted by Crippen LogP contribution is 2.00. The van der Waals surface area contributed by atoms with Crippen LogP contribution in [-0.2, 0) is 7.05 Å². The molecule has 2 rings (SSSR count). The predicted octanol–water partition coefficient (Wildman–Crippen LogP) is 0.701. The van der Waals surface area contributed by atoms with Crippen LogP contribution in [0, 0.1) is 17.7 Å². The van der Waals surface area contributed by atoms with Crippen LogP contribution in [-0.4, -0.2) is 22.2 Å². The largest absolute Gasteiger partial charge is 0.340 e. The van der Waals surface area contributed by atoms with Gasteiger partial charge in [0.2, 0.25) is 0 Å². The van der Waals surface area contributed by atoms with E-state index in [2.05, 4.69) is 22.3 Å². The monoisotopic (exact) mass is 285 g/mol. The Balaban J connectivity index is 1.94. The summed E-state index contributed by atoms with van der Waals surface area (Å²) in [7, 11) is 1.47. The van der Waals surface area contributed by atoms with Crippen molar-refractivity contribution in [3.63, 3.8) is 0 Å². The molecule has 0 aliphatic rings. The molecule has 1 amide bonds. The predicted molar refractivity (Wildman–Crippen MR) is 75.1 cm³/mol. The molecule has 0 unspecified atom stereocenters. The second kappa shape index (κ2) is 6.48. The van der Waals surface area contributed by atoms with Crippen LogP contribution in [0.3, 0.4) is 0 Å². The van der Waals surface area contributed by atoms with Gasteiger partial charge in [-0.3, -0.25) is 9.59 Å². The zero-order valence-electron chi connectivity index (χ0n) is 11.3. The normalized spacial score (nSPS) is 9.62. The van der Waals surface area contributed by atoms with E-state index in [1.165, 1.54) is 31.3 Å². The Labute approximate surface area is 120 Å². The molecule has 0 radical (unpaired) electrons. The number of aromatic nitrogens is 2. The molecule has 1 aromatic carbocycles. The molecule has 5 nitrogen and oxygen atoms in total. The number of nitrogens with zero attached hydrogens (tertiary/aromatic N) is 2. The second-order valence-electron chi connectivity index (χ2n) is 4.17. The third-order valence-electron chi connectivity index (χ3n) is 2.61. The van der Waals surface area contributed by atoms with E-state index >= 15 is 0 Å². The van der Waals surface area contributed by atoms with Crippen molar-refractivity contribution in [3.05, 3.63) is 63.8 Å². The van der Waals surface area contributed by atoms with Crippen molar-refractivity contribution in [2.75, 3.05) is 6.54 Å². The summed E-state index contributed by atoms with van der Waals surface area (Å²) in [4.78, 5) is 22.9. The molecule has 106 valence electrons. The van der Waals surface area contributed by atoms with Gasteiger partial charge in [-0.1, -0.05) is 11.8 Å². The molecule has 0 bridgehead atoms. The molecule has 21 heavy (non-hydrogen) atoms. The van der Waals surface area contributed by atoms with Crippen molar-refractivity contribution >= 4 is 5.91 Å². The van der Waals surface area contributed by atoms with Gasteiger partial charge in [-0.2, -0.15) is 5.10 Å². The zero-order valence-corrected chi connectivity index (χ0v) is 11.3. The summed E-state index contributed by atoms with van der Waals surface area (Å²) in [6.45, 7) is 0.126. The topological polar surface area (TPSA) is 64.0 Å². The lowest BCUT2D eigenvalue weighted by Crippen LogP contribution is -2.28. The van der Waals surface area contributed by atoms with Crippen molar-refractivity contribution in [1.29, 1.82) is 0 Å². The lowest BCUT2D eigenvalue weighted by atomic mass is 10.2. The molecule has 0 saturated heterocycles. The Morgan fingerprint density at radius 1 is 1.29 bits per heavy atom. The highest BCUT2D eigenvalue weighted by Gasteiger charge is 2.06. The molecule has 2 aromatic rings. The first-order valence-corrected chi connectivity index (χ1v) is 6.13. The van der Waals surface area contributed by atoms with Gasteiger partial charge in [-0.05, 0) is 30.3 Å². The first-order valence-electron chi connectivity index (χ1n) is 6.13. The lowest BCUT2D eigenvalue weighted by Gasteiger charge is -2.01. The standard InChI is InChI=1S/C15H12FN3O2/c1-19-14(20)9-8-13(18-19)15(21)17-10-2-3-11-4-6-12(16)7-5-11/h4-9H,10H2,1H3,(H,17,21). The average Bonchev–Trinajstić information content (AvgIpc) is 2.48. The Kier molecular flexibility index (Phi) is 4.46. The number of hydrogen-bond acceptors (Lipinski definition) is 3. The number of carbonyl (C=O) groups excluding carboxylic acids is 1. The van der Waals surface area contributed by atoms with E-state index in [1.807, 2.05) is 0 Å². The molecule has 0 fully saturated rings. The Morgan fingerprint density at radius 2 is 2.00 bits per heavy atom. The number of aryl methyl sites for hydroxylation is 1. The van der Waals surface area contributed by atoms with E-state index in [1.54, 1.807) is 12.1 Å². The number of nitrogens with one attached hydrogen (secondary N) is 1. The summed E-state index contributed by atoms with van der Waals surface area (Å²) in [6.07, 6.45) is 0. The fourth-order valence-electron chi connectivity index (χ4n) is 1.52. The van der Waals surface area contributed by atoms with Crippen molar-refractivity contribution in [2.45, 2.75) is 0 Å². The summed E-state index contributed by atoms with van der Waals surface area (Å²) in [6, 6.07) is 8.36. The highest BCUT2D eigenvalue weighted by atomic mass is 19.1. The minimum absolute atomic E-state index is 0.126. The smallest absolute Gasteiger partial charge is 0.272 e. The van der Waals surface area contributed by atoms with Crippen LogP contribution in [0.4, 0.5) is 4.39 Å². The maximum Gasteiger partial charge on any atom is 0.272 e. The Hall–Kier alpha value is -2.94. The molecular formula is C15H12FN3O2. The van der Waals surface area contributed by atoms with Crippen LogP contribution in [0.15, 0.2) is 41.2 Å². The molecule has 1 heterocycles. The minimum Gasteiger partial charge on any atom is -0.340 e. The molecule has 1 aromatic heterocycles. The van der Waals surface area contributed by atoms with Gasteiger partial charge in [-0.15, -0.1) is 0 Å². The maximum atomic E-state index is 12.7. The van der Waals surface area contributed by atoms with Gasteiger partial charge in [0.25, 0.3) is 11.5 Å². The van der Waals surface area contributed by atoms with Crippen molar-refractivity contribution in [3.8, 4) is 11.8 Å². The fraction of sp³-hybridized carbons (Fsp3) is 0.133. The molecule has 6 heteroatoms. The van der Waals surface area contributed by atoms with E-state index in [4.69, 9.17) is 0 Å². The summed E-state index contributed by atoms with van der Waals surface area (Å²) in [5, 5.41) is 6.38. The van der Waals surface area contributed by atoms with Gasteiger partial charge < -0.3 is 5.32 Å². The van der Waals surface area contributed by atoms with Crippen molar-refractivity contribution in [2.24, 2.45) is 7.05 Å². The molecule has 0 spiro atoms. The quantitative estimate of drug-likeness (QED) is 0.826. The van der Waals surface area contributed by atoms with Crippen LogP contribution in [0.1, 0.15) is 16.1 Å². The Bertz CT molecular complexity index is 770. The first kappa shape index (κ1) is 14.5. The fourth-order valence-corrected chi connectivity index (χ4v) is 1.52. The number of hydrogen-bond donors (Lipinski definition) is 1. The number of benzene rings is 1. The first-order chi connectivity index (χ1) is 10.1. The zero-order chi connectivity index (χ0) is 15.2. The van der Waals surface area contributed by atoms with Gasteiger partial charge in [0.15, 0.2) is 0 Å². The molecular weight excluding hydrogens is 273 g/mol. The molecule has 1 N–H and O–H groups in total. The summed E-state index contributed by atoms with van der Waals surface area (Å²) < 4.78 is 13.8. The average molecular weight is 285 g/mol. The molecule has 0 saturated carbocycles. The van der Waals surface area contributed by atoms with Crippen LogP contribution in [0.25, 0.3) is 0 Å². The number of rotatable bonds is 2. The molecule has 0 aliphatic carbocycles. The minimum atomic E-state index is -0.418. The van der Waals surface area contributed by atoms with Gasteiger partial charge in [0.1, 0.15) is 11.5 Å². The SMILES string of the molecule is Cn1nc(C(=O)NCC#Cc2ccc(F)cc2)ccc1=O. The number of amides is 1. The van der Waals surface area contributed by atoms with E-state index in [0.29, 0.717) is 5.56 Å². The second-order valence-corrected chi connectivity index (χ2v) is 4.17. The van der Waals surface area contributed by atoms with Gasteiger partial charge >= 0.3 is 0 Å². The van der Waals surface area contributed by atoms with E-state index in [0.717, 1.165) is 4.68 Å². The van der Waals surface area contributed by atoms with Gasteiger partial charge in [0, 0.05) is 18.7 Å². The number of carbonyl (C=O) groups is 1. The van der Waals surface area contributed by atoms with Crippen molar-refractivity contribution < 1.29 is 9.18 Å². The summed E-state index contributed by atoms with van der Waals surface area (Å²) >= 11 is 0. The van der Waals surface area contributed by atoms with Gasteiger partial charge in [0.05, 0.1) is 6.54 Å². The number of halogens is 1. The summed E-state index contributed by atoms with van der Waals surface area (Å²) in [5.41, 5.74) is 0.509. The highest BCUT2D eigenvalue weighted by molar-refractivity contribution is 5.92. The van der Waals surface area contributed by atoms with Crippen LogP contribution in [0.5, 0.6) is 0 Å². The van der Waals surface area contributed by atoms with E-state index in [-0.39, 0.29) is 23.6 Å². The lowest BCUT2D eigenvalue weighted by molar-refractivity contribution is 0.0951. The van der Waals surface area contributed by atoms with E-state index < -0.39 is 5.91 Å². The summed E-state index contributed by atoms with van der Waals surface area (Å²) in [5.74, 6) is 4.80. The van der Waals surface area contributed by atoms with Gasteiger partial charge in [-0.25, -0.2) is 9.07 Å². The maximum absolute atomic E-state index is 12.7. The molecule has 0 aliphatic heterocycles. The van der Waals surface area contributed by atoms with Crippen molar-refractivity contribution in [1.82, 2.24) is 15.1 Å². The third-order valence-corrected chi connectivity index (χ3v) is 2.61.